The number of aromatic nitrogens is 2. The van der Waals surface area contributed by atoms with Gasteiger partial charge in [0.25, 0.3) is 0 Å². The van der Waals surface area contributed by atoms with Crippen molar-refractivity contribution in [1.29, 1.82) is 0 Å². The van der Waals surface area contributed by atoms with Crippen LogP contribution >= 0.6 is 23.4 Å². The monoisotopic (exact) mass is 302 g/mol. The molecular formula is C12H12ClFN2O2S. The van der Waals surface area contributed by atoms with E-state index in [0.29, 0.717) is 22.7 Å². The minimum absolute atomic E-state index is 0.0171. The van der Waals surface area contributed by atoms with Gasteiger partial charge in [-0.25, -0.2) is 9.37 Å². The van der Waals surface area contributed by atoms with Crippen LogP contribution in [0.25, 0.3) is 11.0 Å². The number of carboxylic acid groups (broad SMARTS) is 1. The van der Waals surface area contributed by atoms with Gasteiger partial charge in [0.05, 0.1) is 21.8 Å². The Kier molecular flexibility index (Phi) is 4.31. The predicted octanol–water partition coefficient (Wildman–Crippen LogP) is 3.42. The highest BCUT2D eigenvalue weighted by Crippen LogP contribution is 2.28. The number of nitrogens with zero attached hydrogens (tertiary/aromatic N) is 2. The summed E-state index contributed by atoms with van der Waals surface area (Å²) in [6, 6.07) is 2.80. The fourth-order valence-electron chi connectivity index (χ4n) is 1.77. The summed E-state index contributed by atoms with van der Waals surface area (Å²) in [6.45, 7) is 2.64. The van der Waals surface area contributed by atoms with Crippen LogP contribution in [0.3, 0.4) is 0 Å². The molecule has 0 amide bonds. The summed E-state index contributed by atoms with van der Waals surface area (Å²) in [7, 11) is 0. The average molecular weight is 303 g/mol. The third kappa shape index (κ3) is 3.01. The molecule has 0 saturated heterocycles. The summed E-state index contributed by atoms with van der Waals surface area (Å²) in [4.78, 5) is 14.9. The van der Waals surface area contributed by atoms with Crippen LogP contribution < -0.4 is 0 Å². The number of benzene rings is 1. The summed E-state index contributed by atoms with van der Waals surface area (Å²) in [5.74, 6) is -1.49. The van der Waals surface area contributed by atoms with Crippen molar-refractivity contribution in [2.24, 2.45) is 0 Å². The summed E-state index contributed by atoms with van der Waals surface area (Å²) >= 11 is 6.85. The lowest BCUT2D eigenvalue weighted by molar-refractivity contribution is -0.133. The van der Waals surface area contributed by atoms with Gasteiger partial charge in [-0.1, -0.05) is 30.3 Å². The Hall–Kier alpha value is -1.27. The molecule has 0 bridgehead atoms. The topological polar surface area (TPSA) is 55.1 Å². The summed E-state index contributed by atoms with van der Waals surface area (Å²) in [6.07, 6.45) is 0.844. The van der Waals surface area contributed by atoms with E-state index in [2.05, 4.69) is 4.98 Å². The number of imidazole rings is 1. The first-order valence-electron chi connectivity index (χ1n) is 5.72. The van der Waals surface area contributed by atoms with E-state index >= 15 is 0 Å². The van der Waals surface area contributed by atoms with Gasteiger partial charge >= 0.3 is 5.97 Å². The lowest BCUT2D eigenvalue weighted by Gasteiger charge is -2.06. The first kappa shape index (κ1) is 14.1. The van der Waals surface area contributed by atoms with E-state index in [4.69, 9.17) is 16.7 Å². The van der Waals surface area contributed by atoms with Gasteiger partial charge in [0.15, 0.2) is 5.16 Å². The maximum absolute atomic E-state index is 13.5. The molecule has 0 fully saturated rings. The molecule has 1 aromatic carbocycles. The number of aliphatic carboxylic acids is 1. The molecule has 0 aliphatic carbocycles. The van der Waals surface area contributed by atoms with Crippen molar-refractivity contribution < 1.29 is 14.3 Å². The molecule has 19 heavy (non-hydrogen) atoms. The molecule has 0 radical (unpaired) electrons. The van der Waals surface area contributed by atoms with Crippen molar-refractivity contribution in [1.82, 2.24) is 9.55 Å². The van der Waals surface area contributed by atoms with Crippen molar-refractivity contribution in [3.8, 4) is 0 Å². The smallest absolute Gasteiger partial charge is 0.313 e. The normalized spacial score (nSPS) is 11.1. The van der Waals surface area contributed by atoms with Gasteiger partial charge < -0.3 is 9.67 Å². The molecule has 0 unspecified atom stereocenters. The number of carboxylic acids is 1. The van der Waals surface area contributed by atoms with Crippen LogP contribution in [0, 0.1) is 5.82 Å². The van der Waals surface area contributed by atoms with Gasteiger partial charge in [0.1, 0.15) is 5.82 Å². The Morgan fingerprint density at radius 1 is 1.58 bits per heavy atom. The van der Waals surface area contributed by atoms with Crippen LogP contribution in [0.15, 0.2) is 17.3 Å². The van der Waals surface area contributed by atoms with E-state index in [-0.39, 0.29) is 10.8 Å². The second-order valence-electron chi connectivity index (χ2n) is 3.98. The maximum Gasteiger partial charge on any atom is 0.313 e. The second-order valence-corrected chi connectivity index (χ2v) is 5.33. The first-order chi connectivity index (χ1) is 9.02. The van der Waals surface area contributed by atoms with Crippen molar-refractivity contribution in [2.75, 3.05) is 5.75 Å². The molecule has 0 aliphatic rings. The highest BCUT2D eigenvalue weighted by Gasteiger charge is 2.14. The molecule has 102 valence electrons. The quantitative estimate of drug-likeness (QED) is 0.860. The molecule has 0 atom stereocenters. The summed E-state index contributed by atoms with van der Waals surface area (Å²) in [5.41, 5.74) is 1.21. The van der Waals surface area contributed by atoms with Crippen LogP contribution in [0.4, 0.5) is 4.39 Å². The molecule has 2 aromatic rings. The predicted molar refractivity (Wildman–Crippen MR) is 73.4 cm³/mol. The van der Waals surface area contributed by atoms with E-state index in [1.165, 1.54) is 12.1 Å². The Morgan fingerprint density at radius 2 is 2.32 bits per heavy atom. The van der Waals surface area contributed by atoms with E-state index in [0.717, 1.165) is 18.2 Å². The third-order valence-corrected chi connectivity index (χ3v) is 3.78. The molecule has 1 heterocycles. The minimum atomic E-state index is -0.913. The maximum atomic E-state index is 13.5. The molecule has 0 aliphatic heterocycles. The van der Waals surface area contributed by atoms with Gasteiger partial charge in [-0.2, -0.15) is 0 Å². The number of hydrogen-bond acceptors (Lipinski definition) is 3. The van der Waals surface area contributed by atoms with Crippen LogP contribution in [0.1, 0.15) is 13.3 Å². The number of aryl methyl sites for hydroxylation is 1. The zero-order valence-electron chi connectivity index (χ0n) is 10.2. The minimum Gasteiger partial charge on any atom is -0.481 e. The number of halogens is 2. The zero-order chi connectivity index (χ0) is 14.0. The molecular weight excluding hydrogens is 291 g/mol. The molecule has 1 N–H and O–H groups in total. The van der Waals surface area contributed by atoms with Gasteiger partial charge in [0.2, 0.25) is 0 Å². The van der Waals surface area contributed by atoms with Gasteiger partial charge in [-0.05, 0) is 12.5 Å². The number of thioether (sulfide) groups is 1. The fourth-order valence-corrected chi connectivity index (χ4v) is 2.69. The molecule has 7 heteroatoms. The van der Waals surface area contributed by atoms with Crippen LogP contribution in [0.5, 0.6) is 0 Å². The molecule has 1 aromatic heterocycles. The van der Waals surface area contributed by atoms with Crippen molar-refractivity contribution in [3.05, 3.63) is 23.0 Å². The summed E-state index contributed by atoms with van der Waals surface area (Å²) < 4.78 is 15.3. The van der Waals surface area contributed by atoms with Gasteiger partial charge in [-0.15, -0.1) is 0 Å². The highest BCUT2D eigenvalue weighted by atomic mass is 35.5. The first-order valence-corrected chi connectivity index (χ1v) is 7.09. The largest absolute Gasteiger partial charge is 0.481 e. The highest BCUT2D eigenvalue weighted by molar-refractivity contribution is 7.99. The SMILES string of the molecule is CCCn1c(SCC(=O)O)nc2cc(Cl)c(F)cc21. The number of fused-ring (bicyclic) bond motifs is 1. The number of rotatable bonds is 5. The van der Waals surface area contributed by atoms with Crippen LogP contribution in [-0.2, 0) is 11.3 Å². The lowest BCUT2D eigenvalue weighted by atomic mass is 10.3. The van der Waals surface area contributed by atoms with Gasteiger partial charge in [-0.3, -0.25) is 4.79 Å². The number of hydrogen-bond donors (Lipinski definition) is 1. The molecule has 0 spiro atoms. The fraction of sp³-hybridized carbons (Fsp3) is 0.333. The molecule has 4 nitrogen and oxygen atoms in total. The Bertz CT molecular complexity index is 630. The van der Waals surface area contributed by atoms with Crippen LogP contribution in [0.2, 0.25) is 5.02 Å². The molecule has 2 rings (SSSR count). The number of carbonyl (C=O) groups is 1. The second kappa shape index (κ2) is 5.79. The Labute approximate surface area is 118 Å². The van der Waals surface area contributed by atoms with Crippen LogP contribution in [-0.4, -0.2) is 26.4 Å². The van der Waals surface area contributed by atoms with Crippen molar-refractivity contribution >= 4 is 40.4 Å². The molecule has 0 saturated carbocycles. The van der Waals surface area contributed by atoms with Crippen molar-refractivity contribution in [2.45, 2.75) is 25.0 Å². The Balaban J connectivity index is 2.49. The van der Waals surface area contributed by atoms with Crippen molar-refractivity contribution in [3.63, 3.8) is 0 Å². The summed E-state index contributed by atoms with van der Waals surface area (Å²) in [5, 5.41) is 9.31. The third-order valence-electron chi connectivity index (χ3n) is 2.53. The van der Waals surface area contributed by atoms with E-state index in [9.17, 15) is 9.18 Å². The standard InChI is InChI=1S/C12H12ClFN2O2S/c1-2-3-16-10-5-8(14)7(13)4-9(10)15-12(16)19-6-11(17)18/h4-5H,2-3,6H2,1H3,(H,17,18). The lowest BCUT2D eigenvalue weighted by Crippen LogP contribution is -2.03. The Morgan fingerprint density at radius 3 is 2.95 bits per heavy atom. The van der Waals surface area contributed by atoms with E-state index in [1.54, 1.807) is 0 Å². The van der Waals surface area contributed by atoms with Gasteiger partial charge in [0, 0.05) is 12.6 Å². The zero-order valence-corrected chi connectivity index (χ0v) is 11.8. The average Bonchev–Trinajstić information content (AvgIpc) is 2.66. The van der Waals surface area contributed by atoms with E-state index in [1.807, 2.05) is 11.5 Å². The van der Waals surface area contributed by atoms with E-state index < -0.39 is 11.8 Å².